The van der Waals surface area contributed by atoms with Crippen LogP contribution in [0.2, 0.25) is 0 Å². The number of hydrogen-bond donors (Lipinski definition) is 2. The van der Waals surface area contributed by atoms with Crippen molar-refractivity contribution in [1.29, 1.82) is 0 Å². The quantitative estimate of drug-likeness (QED) is 0.269. The largest absolute Gasteiger partial charge is 0.491 e. The molecule has 1 aromatic heterocycles. The lowest BCUT2D eigenvalue weighted by atomic mass is 10.00. The van der Waals surface area contributed by atoms with Gasteiger partial charge in [0.25, 0.3) is 0 Å². The van der Waals surface area contributed by atoms with Crippen LogP contribution in [0.4, 0.5) is 31.1 Å². The topological polar surface area (TPSA) is 118 Å². The van der Waals surface area contributed by atoms with Crippen molar-refractivity contribution in [2.45, 2.75) is 30.2 Å². The number of rotatable bonds is 7. The second kappa shape index (κ2) is 12.1. The predicted octanol–water partition coefficient (Wildman–Crippen LogP) is 5.41. The molecule has 1 aliphatic rings. The molecule has 0 fully saturated rings. The predicted molar refractivity (Wildman–Crippen MR) is 135 cm³/mol. The van der Waals surface area contributed by atoms with E-state index in [0.717, 1.165) is 4.31 Å². The summed E-state index contributed by atoms with van der Waals surface area (Å²) in [4.78, 5) is 13.7. The van der Waals surface area contributed by atoms with E-state index >= 15 is 0 Å². The molecule has 0 aliphatic carbocycles. The third kappa shape index (κ3) is 7.05. The highest BCUT2D eigenvalue weighted by Crippen LogP contribution is 2.40. The first-order chi connectivity index (χ1) is 19.7. The van der Waals surface area contributed by atoms with Crippen molar-refractivity contribution in [3.8, 4) is 22.8 Å². The molecular weight excluding hydrogens is 596 g/mol. The number of halogens is 6. The summed E-state index contributed by atoms with van der Waals surface area (Å²) in [6.07, 6.45) is -10.2. The van der Waals surface area contributed by atoms with Crippen molar-refractivity contribution in [2.24, 2.45) is 0 Å². The third-order valence-electron chi connectivity index (χ3n) is 6.15. The lowest BCUT2D eigenvalue weighted by molar-refractivity contribution is -0.143. The number of hydrogen-bond acceptors (Lipinski definition) is 6. The Morgan fingerprint density at radius 3 is 2.33 bits per heavy atom. The molecule has 4 rings (SSSR count). The number of sulfonamides is 1. The van der Waals surface area contributed by atoms with Crippen LogP contribution >= 0.6 is 0 Å². The summed E-state index contributed by atoms with van der Waals surface area (Å²) in [7, 11) is -4.89. The van der Waals surface area contributed by atoms with Gasteiger partial charge in [-0.1, -0.05) is 18.2 Å². The van der Waals surface area contributed by atoms with Gasteiger partial charge in [0.05, 0.1) is 29.2 Å². The van der Waals surface area contributed by atoms with Crippen molar-refractivity contribution < 1.29 is 54.1 Å². The molecule has 42 heavy (non-hydrogen) atoms. The van der Waals surface area contributed by atoms with Gasteiger partial charge in [0.15, 0.2) is 0 Å². The summed E-state index contributed by atoms with van der Waals surface area (Å²) in [6.45, 7) is -0.889. The molecule has 3 aromatic rings. The van der Waals surface area contributed by atoms with E-state index in [1.165, 1.54) is 12.3 Å². The second-order valence-corrected chi connectivity index (χ2v) is 10.9. The molecule has 226 valence electrons. The molecule has 0 spiro atoms. The van der Waals surface area contributed by atoms with Gasteiger partial charge in [-0.15, -0.1) is 0 Å². The molecular formula is C26H23F6N3O6S. The van der Waals surface area contributed by atoms with Gasteiger partial charge in [0.1, 0.15) is 12.4 Å². The zero-order valence-electron chi connectivity index (χ0n) is 21.5. The fourth-order valence-electron chi connectivity index (χ4n) is 4.23. The Morgan fingerprint density at radius 1 is 1.02 bits per heavy atom. The summed E-state index contributed by atoms with van der Waals surface area (Å²) in [5.41, 5.74) is -2.49. The minimum absolute atomic E-state index is 0.0229. The van der Waals surface area contributed by atoms with Crippen LogP contribution in [0.3, 0.4) is 0 Å². The van der Waals surface area contributed by atoms with Gasteiger partial charge in [-0.25, -0.2) is 18.2 Å². The lowest BCUT2D eigenvalue weighted by Gasteiger charge is -2.27. The van der Waals surface area contributed by atoms with E-state index in [1.54, 1.807) is 24.3 Å². The van der Waals surface area contributed by atoms with E-state index in [0.29, 0.717) is 16.9 Å². The highest BCUT2D eigenvalue weighted by molar-refractivity contribution is 7.89. The van der Waals surface area contributed by atoms with Gasteiger partial charge in [-0.05, 0) is 42.3 Å². The normalized spacial score (nSPS) is 14.7. The maximum Gasteiger partial charge on any atom is 0.416 e. The van der Waals surface area contributed by atoms with Crippen LogP contribution < -0.4 is 14.8 Å². The molecule has 9 nitrogen and oxygen atoms in total. The number of ether oxygens (including phenoxy) is 2. The van der Waals surface area contributed by atoms with Crippen molar-refractivity contribution in [1.82, 2.24) is 14.6 Å². The SMILES string of the molecule is O=C(O)NCCOc1ccccc1-c1ccnc2c1CN(S(=O)(=O)c1cc(C(F)(F)F)cc(C(F)(F)F)c1)CCCO2. The number of nitrogens with one attached hydrogen (secondary N) is 1. The van der Waals surface area contributed by atoms with Crippen LogP contribution in [-0.2, 0) is 28.9 Å². The summed E-state index contributed by atoms with van der Waals surface area (Å²) < 4.78 is 120. The first kappa shape index (κ1) is 30.9. The standard InChI is InChI=1S/C26H23F6N3O6S/c27-25(28,29)16-12-17(26(30,31)32)14-18(13-16)42(38,39)35-9-3-10-41-23-21(15-35)19(6-7-33-23)20-4-1-2-5-22(20)40-11-8-34-24(36)37/h1-2,4-7,12-14,34H,3,8-11,15H2,(H,36,37). The van der Waals surface area contributed by atoms with Gasteiger partial charge < -0.3 is 19.9 Å². The molecule has 0 bridgehead atoms. The monoisotopic (exact) mass is 619 g/mol. The Hall–Kier alpha value is -4.05. The number of aromatic nitrogens is 1. The van der Waals surface area contributed by atoms with Gasteiger partial charge in [0.2, 0.25) is 15.9 Å². The summed E-state index contributed by atoms with van der Waals surface area (Å²) >= 11 is 0. The van der Waals surface area contributed by atoms with E-state index in [4.69, 9.17) is 14.6 Å². The van der Waals surface area contributed by atoms with Gasteiger partial charge in [-0.2, -0.15) is 30.6 Å². The number of nitrogens with zero attached hydrogens (tertiary/aromatic N) is 2. The molecule has 1 amide bonds. The fraction of sp³-hybridized carbons (Fsp3) is 0.308. The number of fused-ring (bicyclic) bond motifs is 1. The van der Waals surface area contributed by atoms with E-state index in [9.17, 15) is 39.6 Å². The number of para-hydroxylation sites is 1. The number of carboxylic acid groups (broad SMARTS) is 1. The van der Waals surface area contributed by atoms with Gasteiger partial charge >= 0.3 is 18.4 Å². The van der Waals surface area contributed by atoms with Crippen molar-refractivity contribution in [3.05, 3.63) is 71.4 Å². The van der Waals surface area contributed by atoms with Gasteiger partial charge in [-0.3, -0.25) is 0 Å². The maximum absolute atomic E-state index is 13.6. The summed E-state index contributed by atoms with van der Waals surface area (Å²) in [6, 6.07) is 8.27. The van der Waals surface area contributed by atoms with Crippen molar-refractivity contribution in [3.63, 3.8) is 0 Å². The first-order valence-electron chi connectivity index (χ1n) is 12.3. The Morgan fingerprint density at radius 2 is 1.69 bits per heavy atom. The molecule has 0 radical (unpaired) electrons. The molecule has 0 atom stereocenters. The van der Waals surface area contributed by atoms with E-state index in [2.05, 4.69) is 10.3 Å². The molecule has 0 saturated carbocycles. The summed E-state index contributed by atoms with van der Waals surface area (Å²) in [5, 5.41) is 10.9. The Bertz CT molecular complexity index is 1530. The molecule has 16 heteroatoms. The molecule has 2 heterocycles. The maximum atomic E-state index is 13.6. The molecule has 0 unspecified atom stereocenters. The van der Waals surface area contributed by atoms with Crippen LogP contribution in [0.5, 0.6) is 11.6 Å². The average Bonchev–Trinajstić information content (AvgIpc) is 2.90. The smallest absolute Gasteiger partial charge is 0.416 e. The minimum atomic E-state index is -5.23. The van der Waals surface area contributed by atoms with Gasteiger partial charge in [0, 0.05) is 30.4 Å². The van der Waals surface area contributed by atoms with Crippen LogP contribution in [-0.4, -0.2) is 55.2 Å². The molecule has 2 N–H and O–H groups in total. The van der Waals surface area contributed by atoms with E-state index in [-0.39, 0.29) is 62.4 Å². The molecule has 0 saturated heterocycles. The number of alkyl halides is 6. The molecule has 1 aliphatic heterocycles. The zero-order chi connectivity index (χ0) is 30.7. The van der Waals surface area contributed by atoms with Crippen LogP contribution in [0.1, 0.15) is 23.1 Å². The van der Waals surface area contributed by atoms with E-state index in [1.807, 2.05) is 0 Å². The first-order valence-corrected chi connectivity index (χ1v) is 13.7. The Kier molecular flexibility index (Phi) is 8.87. The highest BCUT2D eigenvalue weighted by atomic mass is 32.2. The Balaban J connectivity index is 1.77. The van der Waals surface area contributed by atoms with Crippen molar-refractivity contribution >= 4 is 16.1 Å². The van der Waals surface area contributed by atoms with Crippen molar-refractivity contribution in [2.75, 3.05) is 26.3 Å². The number of carbonyl (C=O) groups is 1. The molecule has 2 aromatic carbocycles. The lowest BCUT2D eigenvalue weighted by Crippen LogP contribution is -2.34. The fourth-order valence-corrected chi connectivity index (χ4v) is 5.75. The van der Waals surface area contributed by atoms with E-state index < -0.39 is 51.0 Å². The number of amides is 1. The van der Waals surface area contributed by atoms with Crippen LogP contribution in [0.15, 0.2) is 59.6 Å². The Labute approximate surface area is 235 Å². The van der Waals surface area contributed by atoms with Crippen LogP contribution in [0.25, 0.3) is 11.1 Å². The second-order valence-electron chi connectivity index (χ2n) is 9.00. The summed E-state index contributed by atoms with van der Waals surface area (Å²) in [5.74, 6) is 0.317. The third-order valence-corrected chi connectivity index (χ3v) is 7.98. The number of pyridine rings is 1. The highest BCUT2D eigenvalue weighted by Gasteiger charge is 2.39. The van der Waals surface area contributed by atoms with Crippen LogP contribution in [0, 0.1) is 0 Å². The zero-order valence-corrected chi connectivity index (χ0v) is 22.3. The minimum Gasteiger partial charge on any atom is -0.491 e. The number of benzene rings is 2. The average molecular weight is 620 g/mol.